The minimum atomic E-state index is -2.79. The first-order chi connectivity index (χ1) is 37.7. The molecular weight excluding hydrogens is 1050 g/mol. The van der Waals surface area contributed by atoms with E-state index in [2.05, 4.69) is 26.1 Å². The molecule has 1 amide bonds. The van der Waals surface area contributed by atoms with Crippen LogP contribution in [-0.2, 0) is 51.7 Å². The molecule has 3 aromatic carbocycles. The maximum Gasteiger partial charge on any atom is 0.408 e. The van der Waals surface area contributed by atoms with Crippen molar-refractivity contribution in [3.05, 3.63) is 119 Å². The van der Waals surface area contributed by atoms with Crippen LogP contribution >= 0.6 is 0 Å². The molecule has 4 aliphatic rings. The van der Waals surface area contributed by atoms with Gasteiger partial charge in [-0.05, 0) is 112 Å². The predicted octanol–water partition coefficient (Wildman–Crippen LogP) is 11.2. The van der Waals surface area contributed by atoms with Gasteiger partial charge in [0.25, 0.3) is 0 Å². The number of esters is 4. The Kier molecular flexibility index (Phi) is 18.7. The smallest absolute Gasteiger partial charge is 0.408 e. The summed E-state index contributed by atoms with van der Waals surface area (Å²) in [6.45, 7) is 25.1. The van der Waals surface area contributed by atoms with Crippen molar-refractivity contribution in [2.75, 3.05) is 6.61 Å². The summed E-state index contributed by atoms with van der Waals surface area (Å²) in [7, 11) is -5.50. The first-order valence-corrected chi connectivity index (χ1v) is 33.7. The number of fused-ring (bicyclic) bond motifs is 5. The highest BCUT2D eigenvalue weighted by molar-refractivity contribution is 6.74. The fourth-order valence-electron chi connectivity index (χ4n) is 13.2. The van der Waals surface area contributed by atoms with Gasteiger partial charge in [0, 0.05) is 25.2 Å². The van der Waals surface area contributed by atoms with Gasteiger partial charge in [-0.2, -0.15) is 0 Å². The Hall–Kier alpha value is -5.51. The summed E-state index contributed by atoms with van der Waals surface area (Å²) < 4.78 is 53.5. The molecule has 80 heavy (non-hydrogen) atoms. The van der Waals surface area contributed by atoms with Gasteiger partial charge in [0.05, 0.1) is 41.2 Å². The number of amides is 1. The summed E-state index contributed by atoms with van der Waals surface area (Å²) >= 11 is 0. The Bertz CT molecular complexity index is 2740. The maximum atomic E-state index is 17.0. The molecule has 2 bridgehead atoms. The van der Waals surface area contributed by atoms with Gasteiger partial charge in [0.15, 0.2) is 40.2 Å². The lowest BCUT2D eigenvalue weighted by Gasteiger charge is -2.68. The van der Waals surface area contributed by atoms with Crippen LogP contribution in [0.15, 0.2) is 102 Å². The van der Waals surface area contributed by atoms with Crippen LogP contribution in [0.25, 0.3) is 0 Å². The Morgan fingerprint density at radius 3 is 1.74 bits per heavy atom. The van der Waals surface area contributed by atoms with Gasteiger partial charge >= 0.3 is 30.0 Å². The SMILES string of the molecule is CC[Si](CC)(CC)O[C@H]1C[C@H]2OC[C@@]2(OC(C)=O)C2[C@H](OC(=O)c3ccccc3)[C@]3(O)C[C@H](OC(=O)[C@H](O[Si](CC)(CC)CC)[C@@H](NC(=O)OC(C)(C)C)c4ccccc4)C(C)=C([C@@H](OC(=O)c4ccccc4)C(=O)[C@@]21C)C3(C)C. The van der Waals surface area contributed by atoms with E-state index in [4.69, 9.17) is 37.3 Å². The predicted molar refractivity (Wildman–Crippen MR) is 305 cm³/mol. The molecule has 3 fully saturated rings. The van der Waals surface area contributed by atoms with E-state index in [9.17, 15) is 19.5 Å². The highest BCUT2D eigenvalue weighted by Gasteiger charge is 2.79. The molecule has 2 N–H and O–H groups in total. The molecule has 7 rings (SSSR count). The van der Waals surface area contributed by atoms with Crippen molar-refractivity contribution in [2.24, 2.45) is 16.7 Å². The van der Waals surface area contributed by atoms with Crippen molar-refractivity contribution in [3.8, 4) is 0 Å². The second kappa shape index (κ2) is 24.1. The van der Waals surface area contributed by atoms with Crippen molar-refractivity contribution in [2.45, 2.75) is 206 Å². The van der Waals surface area contributed by atoms with Crippen molar-refractivity contribution < 1.29 is 71.1 Å². The summed E-state index contributed by atoms with van der Waals surface area (Å²) in [4.78, 5) is 90.3. The average molecular weight is 1140 g/mol. The van der Waals surface area contributed by atoms with Gasteiger partial charge in [-0.15, -0.1) is 0 Å². The van der Waals surface area contributed by atoms with Crippen molar-refractivity contribution in [1.29, 1.82) is 0 Å². The molecule has 1 aliphatic heterocycles. The number of Topliss-reactive ketones (excluding diaryl/α,β-unsaturated/α-hetero) is 1. The van der Waals surface area contributed by atoms with Gasteiger partial charge in [-0.25, -0.2) is 19.2 Å². The lowest BCUT2D eigenvalue weighted by atomic mass is 9.44. The topological polar surface area (TPSA) is 209 Å². The van der Waals surface area contributed by atoms with E-state index in [1.165, 1.54) is 6.92 Å². The molecule has 436 valence electrons. The summed E-state index contributed by atoms with van der Waals surface area (Å²) in [5.74, 6) is -5.44. The van der Waals surface area contributed by atoms with Crippen molar-refractivity contribution in [3.63, 3.8) is 0 Å². The fraction of sp³-hybridized carbons (Fsp3) is 0.581. The van der Waals surface area contributed by atoms with E-state index in [0.717, 1.165) is 0 Å². The lowest BCUT2D eigenvalue weighted by Crippen LogP contribution is -2.82. The van der Waals surface area contributed by atoms with Gasteiger partial charge in [-0.1, -0.05) is 122 Å². The first kappa shape index (κ1) is 62.1. The molecule has 16 nitrogen and oxygen atoms in total. The molecule has 1 saturated heterocycles. The number of aliphatic hydroxyl groups is 1. The summed E-state index contributed by atoms with van der Waals surface area (Å²) in [6.07, 6.45) is -9.62. The normalized spacial score (nSPS) is 28.0. The van der Waals surface area contributed by atoms with Crippen LogP contribution in [0.4, 0.5) is 4.79 Å². The van der Waals surface area contributed by atoms with Gasteiger partial charge in [0.1, 0.15) is 29.5 Å². The first-order valence-electron chi connectivity index (χ1n) is 28.6. The molecule has 3 aliphatic carbocycles. The molecule has 1 unspecified atom stereocenters. The summed E-state index contributed by atoms with van der Waals surface area (Å²) in [6, 6.07) is 28.1. The van der Waals surface area contributed by atoms with Crippen LogP contribution < -0.4 is 5.32 Å². The van der Waals surface area contributed by atoms with Crippen LogP contribution in [0.3, 0.4) is 0 Å². The van der Waals surface area contributed by atoms with E-state index in [0.29, 0.717) is 41.8 Å². The summed E-state index contributed by atoms with van der Waals surface area (Å²) in [5, 5.41) is 17.6. The number of alkyl carbamates (subject to hydrolysis) is 1. The van der Waals surface area contributed by atoms with E-state index < -0.39 is 135 Å². The van der Waals surface area contributed by atoms with Crippen LogP contribution in [-0.4, -0.2) is 118 Å². The number of hydrogen-bond acceptors (Lipinski definition) is 15. The molecule has 3 aromatic rings. The lowest BCUT2D eigenvalue weighted by molar-refractivity contribution is -0.344. The van der Waals surface area contributed by atoms with Crippen LogP contribution in [0.5, 0.6) is 0 Å². The second-order valence-corrected chi connectivity index (χ2v) is 33.4. The number of benzene rings is 3. The van der Waals surface area contributed by atoms with Crippen LogP contribution in [0, 0.1) is 16.7 Å². The fourth-order valence-corrected chi connectivity index (χ4v) is 18.9. The highest BCUT2D eigenvalue weighted by atomic mass is 28.4. The molecule has 2 saturated carbocycles. The number of rotatable bonds is 20. The monoisotopic (exact) mass is 1140 g/mol. The third-order valence-electron chi connectivity index (χ3n) is 18.4. The van der Waals surface area contributed by atoms with Gasteiger partial charge in [-0.3, -0.25) is 9.59 Å². The van der Waals surface area contributed by atoms with Crippen LogP contribution in [0.1, 0.15) is 142 Å². The zero-order valence-electron chi connectivity index (χ0n) is 49.3. The third kappa shape index (κ3) is 11.6. The number of hydrogen-bond donors (Lipinski definition) is 2. The second-order valence-electron chi connectivity index (χ2n) is 24.0. The highest BCUT2D eigenvalue weighted by Crippen LogP contribution is 2.65. The van der Waals surface area contributed by atoms with E-state index in [1.807, 2.05) is 26.8 Å². The minimum Gasteiger partial charge on any atom is -0.456 e. The zero-order valence-corrected chi connectivity index (χ0v) is 51.3. The van der Waals surface area contributed by atoms with Crippen LogP contribution in [0.2, 0.25) is 36.3 Å². The number of nitrogens with one attached hydrogen (secondary N) is 1. The molecular formula is C62H85NO15Si2. The Labute approximate surface area is 474 Å². The average Bonchev–Trinajstić information content (AvgIpc) is 2.19. The molecule has 0 radical (unpaired) electrons. The molecule has 0 aromatic heterocycles. The van der Waals surface area contributed by atoms with E-state index in [-0.39, 0.29) is 35.3 Å². The standard InChI is InChI=1S/C62H85NO15Si2/c1-15-79(16-2,17-3)77-45-36-46-61(38-71-46,75-40(8)64)51-53(74-55(67)43-34-28-23-29-35-43)62(70)37-44(39(7)47(59(62,12)13)49(52(65)60(45,51)14)73-54(66)42-32-26-22-27-33-42)72-56(68)50(78-80(18-4,19-5)20-6)48(41-30-24-21-25-31-41)63-57(69)76-58(9,10)11/h21-35,44-46,48-51,53,70H,15-20,36-38H2,1-14H3,(H,63,69)/t44-,45-,46+,48-,49+,50+,51?,53-,60+,61-,62+/m0/s1. The van der Waals surface area contributed by atoms with Crippen molar-refractivity contribution >= 4 is 52.4 Å². The maximum absolute atomic E-state index is 17.0. The number of carbonyl (C=O) groups is 6. The molecule has 1 heterocycles. The van der Waals surface area contributed by atoms with Crippen molar-refractivity contribution in [1.82, 2.24) is 5.32 Å². The molecule has 18 heteroatoms. The number of ketones is 1. The largest absolute Gasteiger partial charge is 0.456 e. The quantitative estimate of drug-likeness (QED) is 0.0467. The van der Waals surface area contributed by atoms with Gasteiger partial charge in [0.2, 0.25) is 0 Å². The van der Waals surface area contributed by atoms with E-state index in [1.54, 1.807) is 133 Å². The number of ether oxygens (including phenoxy) is 6. The Morgan fingerprint density at radius 1 is 0.750 bits per heavy atom. The minimum absolute atomic E-state index is 0.0684. The number of carbonyl (C=O) groups excluding carboxylic acids is 6. The van der Waals surface area contributed by atoms with E-state index >= 15 is 14.4 Å². The Balaban J connectivity index is 1.53. The Morgan fingerprint density at radius 2 is 1.26 bits per heavy atom. The molecule has 11 atom stereocenters. The molecule has 0 spiro atoms. The summed E-state index contributed by atoms with van der Waals surface area (Å²) in [5.41, 5.74) is -7.39. The third-order valence-corrected chi connectivity index (χ3v) is 27.6. The van der Waals surface area contributed by atoms with Gasteiger partial charge < -0.3 is 47.7 Å². The zero-order chi connectivity index (χ0) is 58.8.